The third-order valence-corrected chi connectivity index (χ3v) is 2.59. The van der Waals surface area contributed by atoms with E-state index in [-0.39, 0.29) is 6.54 Å². The van der Waals surface area contributed by atoms with E-state index in [1.807, 2.05) is 0 Å². The van der Waals surface area contributed by atoms with Gasteiger partial charge in [-0.25, -0.2) is 9.29 Å². The molecule has 0 amide bonds. The Morgan fingerprint density at radius 3 is 2.58 bits per heavy atom. The third kappa shape index (κ3) is 2.07. The molecule has 1 saturated heterocycles. The van der Waals surface area contributed by atoms with Crippen molar-refractivity contribution in [3.8, 4) is 0 Å². The van der Waals surface area contributed by atoms with Gasteiger partial charge in [0, 0.05) is 6.54 Å². The van der Waals surface area contributed by atoms with Gasteiger partial charge in [0.2, 0.25) is 0 Å². The fourth-order valence-corrected chi connectivity index (χ4v) is 1.84. The molecule has 5 heteroatoms. The zero-order valence-electron chi connectivity index (χ0n) is 6.64. The van der Waals surface area contributed by atoms with Crippen LogP contribution in [0.25, 0.3) is 0 Å². The van der Waals surface area contributed by atoms with E-state index in [0.717, 1.165) is 11.3 Å². The molecule has 0 aliphatic carbocycles. The molecule has 0 aromatic heterocycles. The summed E-state index contributed by atoms with van der Waals surface area (Å²) in [4.78, 5) is 0.833. The lowest BCUT2D eigenvalue weighted by molar-refractivity contribution is -0.169. The van der Waals surface area contributed by atoms with Crippen LogP contribution in [0.3, 0.4) is 0 Å². The molecule has 72 valence electrons. The molecule has 0 spiro atoms. The molecule has 1 nitrogen and oxygen atoms in total. The van der Waals surface area contributed by atoms with Crippen molar-refractivity contribution in [1.82, 2.24) is 4.90 Å². The van der Waals surface area contributed by atoms with Crippen LogP contribution >= 0.6 is 12.6 Å². The van der Waals surface area contributed by atoms with Crippen LogP contribution in [0.1, 0.15) is 19.3 Å². The van der Waals surface area contributed by atoms with Crippen molar-refractivity contribution in [2.24, 2.45) is 0 Å². The molecule has 1 unspecified atom stereocenters. The zero-order chi connectivity index (χ0) is 9.19. The Morgan fingerprint density at radius 1 is 1.42 bits per heavy atom. The Morgan fingerprint density at radius 2 is 2.08 bits per heavy atom. The Bertz CT molecular complexity index is 154. The van der Waals surface area contributed by atoms with E-state index in [0.29, 0.717) is 12.8 Å². The van der Waals surface area contributed by atoms with Gasteiger partial charge in [-0.1, -0.05) is 0 Å². The summed E-state index contributed by atoms with van der Waals surface area (Å²) >= 11 is 3.98. The maximum Gasteiger partial charge on any atom is 0.333 e. The summed E-state index contributed by atoms with van der Waals surface area (Å²) in [6.45, 7) is -1.38. The highest BCUT2D eigenvalue weighted by atomic mass is 32.1. The number of nitrogens with zero attached hydrogens (tertiary/aromatic N) is 1. The molecule has 1 heterocycles. The van der Waals surface area contributed by atoms with Gasteiger partial charge in [0.25, 0.3) is 0 Å². The maximum atomic E-state index is 12.8. The van der Waals surface area contributed by atoms with Gasteiger partial charge >= 0.3 is 6.05 Å². The second-order valence-electron chi connectivity index (χ2n) is 2.97. The number of rotatable bonds is 2. The number of likely N-dealkylation sites (tertiary alicyclic amines) is 1. The molecule has 1 atom stereocenters. The van der Waals surface area contributed by atoms with Gasteiger partial charge in [0.15, 0.2) is 6.67 Å². The largest absolute Gasteiger partial charge is 0.333 e. The molecule has 1 aliphatic heterocycles. The van der Waals surface area contributed by atoms with Crippen molar-refractivity contribution in [1.29, 1.82) is 0 Å². The summed E-state index contributed by atoms with van der Waals surface area (Å²) in [5.74, 6) is 0. The van der Waals surface area contributed by atoms with Crippen LogP contribution in [0.4, 0.5) is 13.2 Å². The first-order valence-corrected chi connectivity index (χ1v) is 4.48. The SMILES string of the molecule is FCC(F)(F)N1CCCCC1S. The number of piperidine rings is 1. The van der Waals surface area contributed by atoms with E-state index >= 15 is 0 Å². The number of thiol groups is 1. The first-order valence-electron chi connectivity index (χ1n) is 3.96. The average molecular weight is 199 g/mol. The summed E-state index contributed by atoms with van der Waals surface area (Å²) < 4.78 is 37.5. The fraction of sp³-hybridized carbons (Fsp3) is 1.00. The standard InChI is InChI=1S/C7H12F3NS/c8-5-7(9,10)11-4-2-1-3-6(11)12/h6,12H,1-5H2. The van der Waals surface area contributed by atoms with Crippen molar-refractivity contribution in [3.05, 3.63) is 0 Å². The summed E-state index contributed by atoms with van der Waals surface area (Å²) in [6, 6.07) is -3.33. The van der Waals surface area contributed by atoms with E-state index in [9.17, 15) is 13.2 Å². The Kier molecular flexibility index (Phi) is 3.29. The topological polar surface area (TPSA) is 3.24 Å². The normalized spacial score (nSPS) is 27.5. The molecule has 0 saturated carbocycles. The van der Waals surface area contributed by atoms with Crippen molar-refractivity contribution in [2.75, 3.05) is 13.2 Å². The maximum absolute atomic E-state index is 12.8. The Hall–Kier alpha value is 0.100. The molecule has 0 bridgehead atoms. The number of hydrogen-bond donors (Lipinski definition) is 1. The van der Waals surface area contributed by atoms with Crippen LogP contribution in [0, 0.1) is 0 Å². The monoisotopic (exact) mass is 199 g/mol. The van der Waals surface area contributed by atoms with Crippen molar-refractivity contribution in [2.45, 2.75) is 30.7 Å². The van der Waals surface area contributed by atoms with E-state index in [2.05, 4.69) is 12.6 Å². The van der Waals surface area contributed by atoms with Crippen LogP contribution in [0.2, 0.25) is 0 Å². The van der Waals surface area contributed by atoms with E-state index in [1.165, 1.54) is 0 Å². The highest BCUT2D eigenvalue weighted by Gasteiger charge is 2.41. The summed E-state index contributed by atoms with van der Waals surface area (Å²) in [7, 11) is 0. The molecule has 0 N–H and O–H groups in total. The summed E-state index contributed by atoms with van der Waals surface area (Å²) in [6.07, 6.45) is 2.21. The average Bonchev–Trinajstić information content (AvgIpc) is 2.05. The van der Waals surface area contributed by atoms with Gasteiger partial charge in [-0.05, 0) is 19.3 Å². The van der Waals surface area contributed by atoms with E-state index in [4.69, 9.17) is 0 Å². The molecule has 1 fully saturated rings. The second kappa shape index (κ2) is 3.87. The molecule has 0 aromatic rings. The zero-order valence-corrected chi connectivity index (χ0v) is 7.54. The van der Waals surface area contributed by atoms with Crippen LogP contribution in [-0.2, 0) is 0 Å². The highest BCUT2D eigenvalue weighted by molar-refractivity contribution is 7.80. The van der Waals surface area contributed by atoms with Crippen LogP contribution in [-0.4, -0.2) is 29.5 Å². The molecule has 1 aliphatic rings. The molecular weight excluding hydrogens is 187 g/mol. The van der Waals surface area contributed by atoms with Crippen molar-refractivity contribution in [3.63, 3.8) is 0 Å². The first kappa shape index (κ1) is 10.2. The smallest absolute Gasteiger partial charge is 0.243 e. The molecule has 1 rings (SSSR count). The van der Waals surface area contributed by atoms with E-state index < -0.39 is 18.1 Å². The second-order valence-corrected chi connectivity index (χ2v) is 3.57. The van der Waals surface area contributed by atoms with Gasteiger partial charge in [-0.2, -0.15) is 21.4 Å². The van der Waals surface area contributed by atoms with Crippen LogP contribution in [0.5, 0.6) is 0 Å². The minimum absolute atomic E-state index is 0.241. The molecule has 12 heavy (non-hydrogen) atoms. The lowest BCUT2D eigenvalue weighted by atomic mass is 10.1. The van der Waals surface area contributed by atoms with Gasteiger partial charge < -0.3 is 0 Å². The van der Waals surface area contributed by atoms with Crippen LogP contribution in [0.15, 0.2) is 0 Å². The lowest BCUT2D eigenvalue weighted by Gasteiger charge is -2.36. The lowest BCUT2D eigenvalue weighted by Crippen LogP contribution is -2.49. The Labute approximate surface area is 75.3 Å². The van der Waals surface area contributed by atoms with Crippen LogP contribution < -0.4 is 0 Å². The quantitative estimate of drug-likeness (QED) is 0.527. The highest BCUT2D eigenvalue weighted by Crippen LogP contribution is 2.30. The van der Waals surface area contributed by atoms with Gasteiger partial charge in [-0.15, -0.1) is 0 Å². The summed E-state index contributed by atoms with van der Waals surface area (Å²) in [5.41, 5.74) is 0. The first-order chi connectivity index (χ1) is 5.58. The molecule has 0 aromatic carbocycles. The predicted octanol–water partition coefficient (Wildman–Crippen LogP) is 2.29. The van der Waals surface area contributed by atoms with Crippen molar-refractivity contribution >= 4 is 12.6 Å². The number of alkyl halides is 3. The van der Waals surface area contributed by atoms with Gasteiger partial charge in [0.1, 0.15) is 0 Å². The van der Waals surface area contributed by atoms with Gasteiger partial charge in [0.05, 0.1) is 5.37 Å². The predicted molar refractivity (Wildman–Crippen MR) is 44.3 cm³/mol. The van der Waals surface area contributed by atoms with E-state index in [1.54, 1.807) is 0 Å². The number of hydrogen-bond acceptors (Lipinski definition) is 2. The van der Waals surface area contributed by atoms with Gasteiger partial charge in [-0.3, -0.25) is 0 Å². The minimum atomic E-state index is -3.33. The molecule has 0 radical (unpaired) electrons. The van der Waals surface area contributed by atoms with Crippen molar-refractivity contribution < 1.29 is 13.2 Å². The molecular formula is C7H12F3NS. The minimum Gasteiger partial charge on any atom is -0.243 e. The fourth-order valence-electron chi connectivity index (χ4n) is 1.37. The summed E-state index contributed by atoms with van der Waals surface area (Å²) in [5, 5.41) is -0.496. The Balaban J connectivity index is 2.58. The number of halogens is 3. The third-order valence-electron chi connectivity index (χ3n) is 2.05.